The van der Waals surface area contributed by atoms with Crippen LogP contribution >= 0.6 is 0 Å². The fourth-order valence-electron chi connectivity index (χ4n) is 1.62. The molecule has 0 bridgehead atoms. The molecule has 0 aliphatic carbocycles. The van der Waals surface area contributed by atoms with Crippen LogP contribution in [0.1, 0.15) is 19.8 Å². The highest BCUT2D eigenvalue weighted by Crippen LogP contribution is 2.16. The van der Waals surface area contributed by atoms with Crippen LogP contribution in [-0.2, 0) is 4.79 Å². The number of hydrogen-bond donors (Lipinski definition) is 2. The summed E-state index contributed by atoms with van der Waals surface area (Å²) in [5.74, 6) is 1.17. The maximum Gasteiger partial charge on any atom is 0.258 e. The third-order valence-electron chi connectivity index (χ3n) is 2.76. The molecule has 0 spiro atoms. The SMILES string of the molecule is CCC(CCO)NC(=O)COc1ccc(OC)cc1. The molecule has 1 aromatic rings. The van der Waals surface area contributed by atoms with Crippen LogP contribution in [0, 0.1) is 0 Å². The van der Waals surface area contributed by atoms with Gasteiger partial charge in [-0.05, 0) is 37.1 Å². The van der Waals surface area contributed by atoms with Gasteiger partial charge in [0, 0.05) is 12.6 Å². The lowest BCUT2D eigenvalue weighted by molar-refractivity contribution is -0.123. The standard InChI is InChI=1S/C14H21NO4/c1-3-11(8-9-16)15-14(17)10-19-13-6-4-12(18-2)5-7-13/h4-7,11,16H,3,8-10H2,1-2H3,(H,15,17). The van der Waals surface area contributed by atoms with Crippen molar-refractivity contribution in [1.29, 1.82) is 0 Å². The van der Waals surface area contributed by atoms with E-state index in [1.165, 1.54) is 0 Å². The lowest BCUT2D eigenvalue weighted by Gasteiger charge is -2.15. The molecule has 1 amide bonds. The highest BCUT2D eigenvalue weighted by molar-refractivity contribution is 5.77. The van der Waals surface area contributed by atoms with Gasteiger partial charge in [-0.1, -0.05) is 6.92 Å². The minimum atomic E-state index is -0.184. The van der Waals surface area contributed by atoms with Gasteiger partial charge < -0.3 is 19.9 Å². The second kappa shape index (κ2) is 8.37. The average molecular weight is 267 g/mol. The van der Waals surface area contributed by atoms with Gasteiger partial charge >= 0.3 is 0 Å². The third-order valence-corrected chi connectivity index (χ3v) is 2.76. The number of aliphatic hydroxyl groups is 1. The zero-order valence-corrected chi connectivity index (χ0v) is 11.4. The first kappa shape index (κ1) is 15.3. The van der Waals surface area contributed by atoms with Crippen molar-refractivity contribution < 1.29 is 19.4 Å². The first-order chi connectivity index (χ1) is 9.19. The van der Waals surface area contributed by atoms with Crippen molar-refractivity contribution in [3.63, 3.8) is 0 Å². The highest BCUT2D eigenvalue weighted by atomic mass is 16.5. The molecule has 0 aliphatic rings. The number of benzene rings is 1. The number of methoxy groups -OCH3 is 1. The summed E-state index contributed by atoms with van der Waals surface area (Å²) in [4.78, 5) is 11.6. The van der Waals surface area contributed by atoms with Crippen molar-refractivity contribution in [3.05, 3.63) is 24.3 Å². The van der Waals surface area contributed by atoms with Crippen LogP contribution in [0.25, 0.3) is 0 Å². The van der Waals surface area contributed by atoms with Gasteiger partial charge in [0.05, 0.1) is 7.11 Å². The Bertz CT molecular complexity index is 378. The molecule has 0 aromatic heterocycles. The summed E-state index contributed by atoms with van der Waals surface area (Å²) in [5, 5.41) is 11.7. The van der Waals surface area contributed by atoms with E-state index in [-0.39, 0.29) is 25.2 Å². The predicted molar refractivity (Wildman–Crippen MR) is 72.4 cm³/mol. The highest BCUT2D eigenvalue weighted by Gasteiger charge is 2.10. The van der Waals surface area contributed by atoms with Crippen molar-refractivity contribution in [3.8, 4) is 11.5 Å². The molecule has 1 unspecified atom stereocenters. The number of amides is 1. The molecule has 1 rings (SSSR count). The maximum absolute atomic E-state index is 11.6. The fraction of sp³-hybridized carbons (Fsp3) is 0.500. The van der Waals surface area contributed by atoms with Gasteiger partial charge in [-0.3, -0.25) is 4.79 Å². The van der Waals surface area contributed by atoms with Crippen LogP contribution in [0.15, 0.2) is 24.3 Å². The number of carbonyl (C=O) groups is 1. The molecule has 5 heteroatoms. The monoisotopic (exact) mass is 267 g/mol. The second-order valence-corrected chi connectivity index (χ2v) is 4.15. The predicted octanol–water partition coefficient (Wildman–Crippen LogP) is 1.35. The molecule has 1 atom stereocenters. The van der Waals surface area contributed by atoms with E-state index in [0.717, 1.165) is 12.2 Å². The van der Waals surface area contributed by atoms with E-state index >= 15 is 0 Å². The maximum atomic E-state index is 11.6. The minimum absolute atomic E-state index is 0.00281. The molecule has 1 aromatic carbocycles. The normalized spacial score (nSPS) is 11.7. The van der Waals surface area contributed by atoms with Crippen LogP contribution in [0.4, 0.5) is 0 Å². The number of aliphatic hydroxyl groups excluding tert-OH is 1. The summed E-state index contributed by atoms with van der Waals surface area (Å²) < 4.78 is 10.4. The zero-order chi connectivity index (χ0) is 14.1. The van der Waals surface area contributed by atoms with E-state index in [4.69, 9.17) is 14.6 Å². The Hall–Kier alpha value is -1.75. The van der Waals surface area contributed by atoms with E-state index in [2.05, 4.69) is 5.32 Å². The van der Waals surface area contributed by atoms with Crippen molar-refractivity contribution in [2.24, 2.45) is 0 Å². The van der Waals surface area contributed by atoms with E-state index in [9.17, 15) is 4.79 Å². The molecule has 0 radical (unpaired) electrons. The van der Waals surface area contributed by atoms with Crippen LogP contribution in [-0.4, -0.2) is 37.4 Å². The van der Waals surface area contributed by atoms with Gasteiger partial charge in [-0.15, -0.1) is 0 Å². The summed E-state index contributed by atoms with van der Waals surface area (Å²) >= 11 is 0. The van der Waals surface area contributed by atoms with Crippen molar-refractivity contribution in [1.82, 2.24) is 5.32 Å². The molecular formula is C14H21NO4. The van der Waals surface area contributed by atoms with Crippen LogP contribution in [0.3, 0.4) is 0 Å². The summed E-state index contributed by atoms with van der Waals surface area (Å²) in [6, 6.07) is 7.03. The molecule has 19 heavy (non-hydrogen) atoms. The van der Waals surface area contributed by atoms with Gasteiger partial charge in [0.25, 0.3) is 5.91 Å². The molecule has 0 saturated carbocycles. The number of hydrogen-bond acceptors (Lipinski definition) is 4. The lowest BCUT2D eigenvalue weighted by Crippen LogP contribution is -2.38. The van der Waals surface area contributed by atoms with Gasteiger partial charge in [0.1, 0.15) is 11.5 Å². The first-order valence-corrected chi connectivity index (χ1v) is 6.36. The summed E-state index contributed by atoms with van der Waals surface area (Å²) in [6.07, 6.45) is 1.35. The Morgan fingerprint density at radius 3 is 2.47 bits per heavy atom. The Kier molecular flexibility index (Phi) is 6.74. The smallest absolute Gasteiger partial charge is 0.258 e. The molecular weight excluding hydrogens is 246 g/mol. The molecule has 2 N–H and O–H groups in total. The number of nitrogens with one attached hydrogen (secondary N) is 1. The van der Waals surface area contributed by atoms with E-state index in [0.29, 0.717) is 12.2 Å². The zero-order valence-electron chi connectivity index (χ0n) is 11.4. The topological polar surface area (TPSA) is 67.8 Å². The van der Waals surface area contributed by atoms with E-state index in [1.54, 1.807) is 31.4 Å². The molecule has 106 valence electrons. The van der Waals surface area contributed by atoms with E-state index in [1.807, 2.05) is 6.92 Å². The Morgan fingerprint density at radius 1 is 1.32 bits per heavy atom. The summed E-state index contributed by atoms with van der Waals surface area (Å²) in [6.45, 7) is 2.00. The molecule has 0 heterocycles. The largest absolute Gasteiger partial charge is 0.497 e. The minimum Gasteiger partial charge on any atom is -0.497 e. The van der Waals surface area contributed by atoms with Crippen molar-refractivity contribution in [2.45, 2.75) is 25.8 Å². The molecule has 0 saturated heterocycles. The van der Waals surface area contributed by atoms with Gasteiger partial charge in [-0.2, -0.15) is 0 Å². The first-order valence-electron chi connectivity index (χ1n) is 6.36. The second-order valence-electron chi connectivity index (χ2n) is 4.15. The van der Waals surface area contributed by atoms with Crippen LogP contribution < -0.4 is 14.8 Å². The van der Waals surface area contributed by atoms with Crippen molar-refractivity contribution in [2.75, 3.05) is 20.3 Å². The van der Waals surface area contributed by atoms with Crippen molar-refractivity contribution >= 4 is 5.91 Å². The van der Waals surface area contributed by atoms with Gasteiger partial charge in [0.2, 0.25) is 0 Å². The number of rotatable bonds is 8. The third kappa shape index (κ3) is 5.61. The van der Waals surface area contributed by atoms with Gasteiger partial charge in [-0.25, -0.2) is 0 Å². The Balaban J connectivity index is 2.36. The molecule has 0 aliphatic heterocycles. The fourth-order valence-corrected chi connectivity index (χ4v) is 1.62. The lowest BCUT2D eigenvalue weighted by atomic mass is 10.1. The Morgan fingerprint density at radius 2 is 1.95 bits per heavy atom. The molecule has 5 nitrogen and oxygen atoms in total. The van der Waals surface area contributed by atoms with Crippen LogP contribution in [0.2, 0.25) is 0 Å². The average Bonchev–Trinajstić information content (AvgIpc) is 2.45. The number of ether oxygens (including phenoxy) is 2. The summed E-state index contributed by atoms with van der Waals surface area (Å²) in [7, 11) is 1.59. The summed E-state index contributed by atoms with van der Waals surface area (Å²) in [5.41, 5.74) is 0. The van der Waals surface area contributed by atoms with Crippen LogP contribution in [0.5, 0.6) is 11.5 Å². The van der Waals surface area contributed by atoms with E-state index < -0.39 is 0 Å². The molecule has 0 fully saturated rings. The van der Waals surface area contributed by atoms with Gasteiger partial charge in [0.15, 0.2) is 6.61 Å². The number of carbonyl (C=O) groups excluding carboxylic acids is 1. The quantitative estimate of drug-likeness (QED) is 0.746. The Labute approximate surface area is 113 Å².